The Morgan fingerprint density at radius 1 is 1.06 bits per heavy atom. The lowest BCUT2D eigenvalue weighted by Crippen LogP contribution is -2.07. The molecule has 0 aliphatic rings. The zero-order valence-electron chi connectivity index (χ0n) is 18.2. The van der Waals surface area contributed by atoms with Crippen LogP contribution in [0.2, 0.25) is 5.02 Å². The number of halogens is 4. The van der Waals surface area contributed by atoms with Crippen LogP contribution in [-0.2, 0) is 23.1 Å². The molecule has 180 valence electrons. The number of hydrogen-bond donors (Lipinski definition) is 0. The zero-order chi connectivity index (χ0) is 25.1. The quantitative estimate of drug-likeness (QED) is 0.337. The van der Waals surface area contributed by atoms with Crippen molar-refractivity contribution in [2.75, 3.05) is 5.75 Å². The van der Waals surface area contributed by atoms with Gasteiger partial charge < -0.3 is 4.57 Å². The second-order valence-corrected chi connectivity index (χ2v) is 10.4. The predicted molar refractivity (Wildman–Crippen MR) is 124 cm³/mol. The van der Waals surface area contributed by atoms with Gasteiger partial charge in [0.1, 0.15) is 16.9 Å². The fourth-order valence-electron chi connectivity index (χ4n) is 3.70. The Balaban J connectivity index is 1.81. The standard InChI is InChI=1S/C22H16ClF3N6O2S/c1-3-35(33,34)21-17(19-29-16-10-13(22(24,25)26)11-27-18(16)31(19)2)20-28-15(8-9-32(20)30-21)12-4-6-14(23)7-5-12/h4-11H,3H2,1-2H3. The molecule has 0 bridgehead atoms. The van der Waals surface area contributed by atoms with Crippen LogP contribution in [-0.4, -0.2) is 43.3 Å². The highest BCUT2D eigenvalue weighted by Gasteiger charge is 2.33. The van der Waals surface area contributed by atoms with Gasteiger partial charge in [0.25, 0.3) is 0 Å². The van der Waals surface area contributed by atoms with Crippen LogP contribution in [0.15, 0.2) is 53.8 Å². The van der Waals surface area contributed by atoms with E-state index in [1.54, 1.807) is 43.6 Å². The minimum Gasteiger partial charge on any atom is -0.312 e. The van der Waals surface area contributed by atoms with Gasteiger partial charge in [-0.25, -0.2) is 27.9 Å². The molecule has 0 radical (unpaired) electrons. The third-order valence-electron chi connectivity index (χ3n) is 5.53. The molecule has 35 heavy (non-hydrogen) atoms. The highest BCUT2D eigenvalue weighted by atomic mass is 35.5. The minimum atomic E-state index is -4.60. The summed E-state index contributed by atoms with van der Waals surface area (Å²) in [6.45, 7) is 1.47. The third-order valence-corrected chi connectivity index (χ3v) is 7.41. The molecule has 0 spiro atoms. The number of pyridine rings is 1. The molecule has 13 heteroatoms. The van der Waals surface area contributed by atoms with Crippen LogP contribution in [0.5, 0.6) is 0 Å². The van der Waals surface area contributed by atoms with Crippen molar-refractivity contribution >= 4 is 38.2 Å². The molecule has 0 unspecified atom stereocenters. The summed E-state index contributed by atoms with van der Waals surface area (Å²) in [6.07, 6.45) is -2.33. The van der Waals surface area contributed by atoms with Crippen LogP contribution >= 0.6 is 11.6 Å². The number of rotatable bonds is 4. The second-order valence-electron chi connectivity index (χ2n) is 7.73. The number of aryl methyl sites for hydroxylation is 1. The van der Waals surface area contributed by atoms with Gasteiger partial charge in [0.2, 0.25) is 0 Å². The van der Waals surface area contributed by atoms with Gasteiger partial charge in [0.05, 0.1) is 17.0 Å². The molecule has 0 atom stereocenters. The Morgan fingerprint density at radius 2 is 1.77 bits per heavy atom. The summed E-state index contributed by atoms with van der Waals surface area (Å²) < 4.78 is 68.3. The lowest BCUT2D eigenvalue weighted by Gasteiger charge is -2.06. The first-order chi connectivity index (χ1) is 16.5. The zero-order valence-corrected chi connectivity index (χ0v) is 19.8. The fourth-order valence-corrected chi connectivity index (χ4v) is 4.80. The second kappa shape index (κ2) is 8.02. The molecule has 5 aromatic rings. The van der Waals surface area contributed by atoms with Crippen molar-refractivity contribution in [3.63, 3.8) is 0 Å². The Hall–Kier alpha value is -3.51. The van der Waals surface area contributed by atoms with Gasteiger partial charge in [-0.3, -0.25) is 0 Å². The van der Waals surface area contributed by atoms with Crippen molar-refractivity contribution in [3.8, 4) is 22.6 Å². The SMILES string of the molecule is CCS(=O)(=O)c1nn2ccc(-c3ccc(Cl)cc3)nc2c1-c1nc2cc(C(F)(F)F)cnc2n1C. The number of benzene rings is 1. The number of aromatic nitrogens is 6. The lowest BCUT2D eigenvalue weighted by molar-refractivity contribution is -0.137. The molecule has 0 saturated heterocycles. The summed E-state index contributed by atoms with van der Waals surface area (Å²) in [5.41, 5.74) is 0.665. The van der Waals surface area contributed by atoms with Gasteiger partial charge in [-0.05, 0) is 24.3 Å². The first-order valence-electron chi connectivity index (χ1n) is 10.3. The molecular formula is C22H16ClF3N6O2S. The summed E-state index contributed by atoms with van der Waals surface area (Å²) in [6, 6.07) is 9.46. The first-order valence-corrected chi connectivity index (χ1v) is 12.3. The van der Waals surface area contributed by atoms with Gasteiger partial charge in [0, 0.05) is 30.0 Å². The van der Waals surface area contributed by atoms with Crippen molar-refractivity contribution in [2.24, 2.45) is 7.05 Å². The van der Waals surface area contributed by atoms with E-state index in [4.69, 9.17) is 11.6 Å². The Bertz CT molecular complexity index is 1710. The van der Waals surface area contributed by atoms with Crippen LogP contribution in [0, 0.1) is 0 Å². The minimum absolute atomic E-state index is 0.0367. The topological polar surface area (TPSA) is 95.0 Å². The Labute approximate surface area is 201 Å². The third kappa shape index (κ3) is 3.92. The summed E-state index contributed by atoms with van der Waals surface area (Å²) >= 11 is 5.98. The summed E-state index contributed by atoms with van der Waals surface area (Å²) in [5, 5.41) is 4.51. The highest BCUT2D eigenvalue weighted by Crippen LogP contribution is 2.35. The van der Waals surface area contributed by atoms with Crippen LogP contribution in [0.1, 0.15) is 12.5 Å². The van der Waals surface area contributed by atoms with Crippen LogP contribution < -0.4 is 0 Å². The van der Waals surface area contributed by atoms with Crippen LogP contribution in [0.25, 0.3) is 39.5 Å². The molecule has 0 amide bonds. The van der Waals surface area contributed by atoms with Gasteiger partial charge in [-0.15, -0.1) is 0 Å². The summed E-state index contributed by atoms with van der Waals surface area (Å²) in [4.78, 5) is 12.9. The average molecular weight is 521 g/mol. The monoisotopic (exact) mass is 520 g/mol. The maximum Gasteiger partial charge on any atom is 0.417 e. The molecule has 0 aliphatic heterocycles. The van der Waals surface area contributed by atoms with E-state index in [1.165, 1.54) is 16.0 Å². The first kappa shape index (κ1) is 23.2. The van der Waals surface area contributed by atoms with Crippen molar-refractivity contribution in [1.29, 1.82) is 0 Å². The number of hydrogen-bond acceptors (Lipinski definition) is 6. The Kier molecular flexibility index (Phi) is 5.33. The molecule has 0 aliphatic carbocycles. The van der Waals surface area contributed by atoms with Gasteiger partial charge in [-0.2, -0.15) is 18.3 Å². The van der Waals surface area contributed by atoms with E-state index in [2.05, 4.69) is 20.1 Å². The maximum atomic E-state index is 13.2. The fraction of sp³-hybridized carbons (Fsp3) is 0.182. The van der Waals surface area contributed by atoms with E-state index in [9.17, 15) is 21.6 Å². The smallest absolute Gasteiger partial charge is 0.312 e. The number of sulfone groups is 1. The largest absolute Gasteiger partial charge is 0.417 e. The van der Waals surface area contributed by atoms with Crippen molar-refractivity contribution in [3.05, 3.63) is 59.4 Å². The number of nitrogens with zero attached hydrogens (tertiary/aromatic N) is 6. The molecule has 0 fully saturated rings. The number of alkyl halides is 3. The van der Waals surface area contributed by atoms with Crippen LogP contribution in [0.3, 0.4) is 0 Å². The molecule has 0 N–H and O–H groups in total. The van der Waals surface area contributed by atoms with E-state index < -0.39 is 21.6 Å². The van der Waals surface area contributed by atoms with Gasteiger partial charge in [-0.1, -0.05) is 30.7 Å². The molecule has 4 heterocycles. The van der Waals surface area contributed by atoms with Crippen LogP contribution in [0.4, 0.5) is 13.2 Å². The number of fused-ring (bicyclic) bond motifs is 2. The average Bonchev–Trinajstić information content (AvgIpc) is 3.36. The van der Waals surface area contributed by atoms with Crippen molar-refractivity contribution in [1.82, 2.24) is 29.1 Å². The molecule has 5 rings (SSSR count). The summed E-state index contributed by atoms with van der Waals surface area (Å²) in [7, 11) is -2.31. The van der Waals surface area contributed by atoms with E-state index in [0.717, 1.165) is 11.6 Å². The van der Waals surface area contributed by atoms with Crippen molar-refractivity contribution < 1.29 is 21.6 Å². The van der Waals surface area contributed by atoms with E-state index >= 15 is 0 Å². The van der Waals surface area contributed by atoms with E-state index in [0.29, 0.717) is 16.9 Å². The Morgan fingerprint density at radius 3 is 2.43 bits per heavy atom. The normalized spacial score (nSPS) is 12.6. The maximum absolute atomic E-state index is 13.2. The molecular weight excluding hydrogens is 505 g/mol. The lowest BCUT2D eigenvalue weighted by atomic mass is 10.1. The van der Waals surface area contributed by atoms with E-state index in [1.807, 2.05) is 0 Å². The molecule has 0 saturated carbocycles. The highest BCUT2D eigenvalue weighted by molar-refractivity contribution is 7.91. The molecule has 4 aromatic heterocycles. The van der Waals surface area contributed by atoms with Gasteiger partial charge in [0.15, 0.2) is 26.2 Å². The van der Waals surface area contributed by atoms with Crippen molar-refractivity contribution in [2.45, 2.75) is 18.1 Å². The molecule has 1 aromatic carbocycles. The van der Waals surface area contributed by atoms with E-state index in [-0.39, 0.29) is 39.0 Å². The number of imidazole rings is 1. The summed E-state index contributed by atoms with van der Waals surface area (Å²) in [5.74, 6) is -0.163. The predicted octanol–water partition coefficient (Wildman–Crippen LogP) is 4.81. The molecule has 8 nitrogen and oxygen atoms in total. The van der Waals surface area contributed by atoms with Gasteiger partial charge >= 0.3 is 6.18 Å².